The van der Waals surface area contributed by atoms with E-state index in [1.165, 1.54) is 22.6 Å². The second-order valence-electron chi connectivity index (χ2n) is 3.37. The summed E-state index contributed by atoms with van der Waals surface area (Å²) in [6, 6.07) is 2.95. The molecular formula is C10H15ClN2O3S. The minimum atomic E-state index is -3.63. The Bertz CT molecular complexity index is 464. The molecule has 0 radical (unpaired) electrons. The van der Waals surface area contributed by atoms with Gasteiger partial charge in [0, 0.05) is 25.9 Å². The smallest absolute Gasteiger partial charge is 0.246 e. The van der Waals surface area contributed by atoms with Gasteiger partial charge in [0.05, 0.1) is 0 Å². The van der Waals surface area contributed by atoms with E-state index in [-0.39, 0.29) is 23.2 Å². The van der Waals surface area contributed by atoms with E-state index in [0.29, 0.717) is 13.0 Å². The van der Waals surface area contributed by atoms with Crippen molar-refractivity contribution in [2.45, 2.75) is 18.2 Å². The Hall–Kier alpha value is -0.690. The highest BCUT2D eigenvalue weighted by molar-refractivity contribution is 7.89. The van der Waals surface area contributed by atoms with E-state index >= 15 is 0 Å². The van der Waals surface area contributed by atoms with Crippen molar-refractivity contribution in [1.82, 2.24) is 9.29 Å². The molecular weight excluding hydrogens is 264 g/mol. The Labute approximate surface area is 106 Å². The van der Waals surface area contributed by atoms with Gasteiger partial charge >= 0.3 is 0 Å². The molecule has 0 spiro atoms. The normalized spacial score (nSPS) is 12.0. The van der Waals surface area contributed by atoms with Gasteiger partial charge in [-0.15, -0.1) is 0 Å². The molecule has 0 saturated carbocycles. The van der Waals surface area contributed by atoms with Gasteiger partial charge < -0.3 is 5.11 Å². The molecule has 1 aromatic rings. The number of aliphatic hydroxyl groups is 1. The summed E-state index contributed by atoms with van der Waals surface area (Å²) in [6.45, 7) is 2.28. The second-order valence-corrected chi connectivity index (χ2v) is 5.63. The van der Waals surface area contributed by atoms with E-state index in [2.05, 4.69) is 4.98 Å². The lowest BCUT2D eigenvalue weighted by Crippen LogP contribution is -2.32. The third-order valence-electron chi connectivity index (χ3n) is 2.26. The third kappa shape index (κ3) is 3.38. The summed E-state index contributed by atoms with van der Waals surface area (Å²) >= 11 is 5.78. The molecule has 0 atom stereocenters. The van der Waals surface area contributed by atoms with Gasteiger partial charge in [0.25, 0.3) is 0 Å². The molecule has 0 aliphatic carbocycles. The molecule has 5 nitrogen and oxygen atoms in total. The molecule has 0 unspecified atom stereocenters. The SMILES string of the molecule is CCN(CCCO)S(=O)(=O)c1cccnc1Cl. The first-order valence-corrected chi connectivity index (χ1v) is 7.07. The highest BCUT2D eigenvalue weighted by Crippen LogP contribution is 2.22. The van der Waals surface area contributed by atoms with Crippen LogP contribution < -0.4 is 0 Å². The number of aliphatic hydroxyl groups excluding tert-OH is 1. The molecule has 0 fully saturated rings. The fourth-order valence-corrected chi connectivity index (χ4v) is 3.31. The predicted octanol–water partition coefficient (Wildman–Crippen LogP) is 1.13. The fraction of sp³-hybridized carbons (Fsp3) is 0.500. The van der Waals surface area contributed by atoms with Crippen molar-refractivity contribution in [3.8, 4) is 0 Å². The minimum Gasteiger partial charge on any atom is -0.396 e. The number of nitrogens with zero attached hydrogens (tertiary/aromatic N) is 2. The van der Waals surface area contributed by atoms with E-state index in [0.717, 1.165) is 0 Å². The summed E-state index contributed by atoms with van der Waals surface area (Å²) in [5.74, 6) is 0. The van der Waals surface area contributed by atoms with Crippen LogP contribution in [0.4, 0.5) is 0 Å². The summed E-state index contributed by atoms with van der Waals surface area (Å²) in [5.41, 5.74) is 0. The summed E-state index contributed by atoms with van der Waals surface area (Å²) in [6.07, 6.45) is 1.83. The van der Waals surface area contributed by atoms with Crippen molar-refractivity contribution in [1.29, 1.82) is 0 Å². The molecule has 1 N–H and O–H groups in total. The van der Waals surface area contributed by atoms with Crippen LogP contribution in [0.1, 0.15) is 13.3 Å². The molecule has 96 valence electrons. The zero-order valence-electron chi connectivity index (χ0n) is 9.50. The van der Waals surface area contributed by atoms with Crippen LogP contribution in [0.3, 0.4) is 0 Å². The maximum absolute atomic E-state index is 12.2. The van der Waals surface area contributed by atoms with Crippen LogP contribution in [0.15, 0.2) is 23.2 Å². The van der Waals surface area contributed by atoms with Gasteiger partial charge in [0.1, 0.15) is 10.0 Å². The number of hydrogen-bond acceptors (Lipinski definition) is 4. The Morgan fingerprint density at radius 1 is 1.53 bits per heavy atom. The highest BCUT2D eigenvalue weighted by Gasteiger charge is 2.25. The average Bonchev–Trinajstić information content (AvgIpc) is 2.30. The summed E-state index contributed by atoms with van der Waals surface area (Å²) in [7, 11) is -3.63. The zero-order chi connectivity index (χ0) is 12.9. The molecule has 0 aromatic carbocycles. The molecule has 17 heavy (non-hydrogen) atoms. The number of aromatic nitrogens is 1. The number of hydrogen-bond donors (Lipinski definition) is 1. The summed E-state index contributed by atoms with van der Waals surface area (Å²) < 4.78 is 25.7. The molecule has 1 heterocycles. The number of pyridine rings is 1. The van der Waals surface area contributed by atoms with Gasteiger partial charge in [-0.3, -0.25) is 0 Å². The van der Waals surface area contributed by atoms with Gasteiger partial charge in [0.2, 0.25) is 10.0 Å². The molecule has 0 aliphatic rings. The van der Waals surface area contributed by atoms with Crippen molar-refractivity contribution >= 4 is 21.6 Å². The lowest BCUT2D eigenvalue weighted by molar-refractivity contribution is 0.271. The predicted molar refractivity (Wildman–Crippen MR) is 65.4 cm³/mol. The van der Waals surface area contributed by atoms with E-state index in [1.54, 1.807) is 6.92 Å². The van der Waals surface area contributed by atoms with Gasteiger partial charge in [-0.2, -0.15) is 4.31 Å². The molecule has 0 bridgehead atoms. The standard InChI is InChI=1S/C10H15ClN2O3S/c1-2-13(7-4-8-14)17(15,16)9-5-3-6-12-10(9)11/h3,5-6,14H,2,4,7-8H2,1H3. The second kappa shape index (κ2) is 6.30. The third-order valence-corrected chi connectivity index (χ3v) is 4.68. The van der Waals surface area contributed by atoms with Crippen LogP contribution in [-0.2, 0) is 10.0 Å². The van der Waals surface area contributed by atoms with Crippen molar-refractivity contribution in [2.75, 3.05) is 19.7 Å². The van der Waals surface area contributed by atoms with E-state index in [4.69, 9.17) is 16.7 Å². The van der Waals surface area contributed by atoms with Crippen LogP contribution in [-0.4, -0.2) is 42.5 Å². The monoisotopic (exact) mass is 278 g/mol. The Kier molecular flexibility index (Phi) is 5.32. The number of halogens is 1. The van der Waals surface area contributed by atoms with Gasteiger partial charge in [-0.25, -0.2) is 13.4 Å². The molecule has 0 amide bonds. The molecule has 7 heteroatoms. The first-order chi connectivity index (χ1) is 8.04. The minimum absolute atomic E-state index is 0.00135. The Balaban J connectivity index is 3.05. The van der Waals surface area contributed by atoms with E-state index in [9.17, 15) is 8.42 Å². The Morgan fingerprint density at radius 2 is 2.24 bits per heavy atom. The Morgan fingerprint density at radius 3 is 2.76 bits per heavy atom. The van der Waals surface area contributed by atoms with Crippen LogP contribution in [0.25, 0.3) is 0 Å². The summed E-state index contributed by atoms with van der Waals surface area (Å²) in [5, 5.41) is 8.71. The molecule has 1 aromatic heterocycles. The molecule has 1 rings (SSSR count). The molecule has 0 saturated heterocycles. The zero-order valence-corrected chi connectivity index (χ0v) is 11.1. The lowest BCUT2D eigenvalue weighted by atomic mass is 10.4. The quantitative estimate of drug-likeness (QED) is 0.792. The first kappa shape index (κ1) is 14.4. The van der Waals surface area contributed by atoms with E-state index < -0.39 is 10.0 Å². The van der Waals surface area contributed by atoms with Crippen LogP contribution in [0.5, 0.6) is 0 Å². The van der Waals surface area contributed by atoms with Crippen molar-refractivity contribution < 1.29 is 13.5 Å². The maximum atomic E-state index is 12.2. The topological polar surface area (TPSA) is 70.5 Å². The van der Waals surface area contributed by atoms with Crippen molar-refractivity contribution in [3.63, 3.8) is 0 Å². The largest absolute Gasteiger partial charge is 0.396 e. The van der Waals surface area contributed by atoms with Gasteiger partial charge in [-0.1, -0.05) is 18.5 Å². The van der Waals surface area contributed by atoms with E-state index in [1.807, 2.05) is 0 Å². The maximum Gasteiger partial charge on any atom is 0.246 e. The fourth-order valence-electron chi connectivity index (χ4n) is 1.40. The number of rotatable bonds is 6. The lowest BCUT2D eigenvalue weighted by Gasteiger charge is -2.20. The first-order valence-electron chi connectivity index (χ1n) is 5.25. The van der Waals surface area contributed by atoms with Crippen LogP contribution in [0.2, 0.25) is 5.15 Å². The number of sulfonamides is 1. The van der Waals surface area contributed by atoms with Crippen molar-refractivity contribution in [2.24, 2.45) is 0 Å². The van der Waals surface area contributed by atoms with Crippen LogP contribution in [0, 0.1) is 0 Å². The van der Waals surface area contributed by atoms with Gasteiger partial charge in [-0.05, 0) is 18.6 Å². The summed E-state index contributed by atoms with van der Waals surface area (Å²) in [4.78, 5) is 3.75. The highest BCUT2D eigenvalue weighted by atomic mass is 35.5. The van der Waals surface area contributed by atoms with Crippen molar-refractivity contribution in [3.05, 3.63) is 23.5 Å². The van der Waals surface area contributed by atoms with Crippen LogP contribution >= 0.6 is 11.6 Å². The molecule has 0 aliphatic heterocycles. The van der Waals surface area contributed by atoms with Gasteiger partial charge in [0.15, 0.2) is 0 Å². The average molecular weight is 279 g/mol.